The van der Waals surface area contributed by atoms with Crippen LogP contribution in [0.2, 0.25) is 10.0 Å². The Morgan fingerprint density at radius 2 is 1.71 bits per heavy atom. The van der Waals surface area contributed by atoms with Gasteiger partial charge in [0.05, 0.1) is 15.1 Å². The van der Waals surface area contributed by atoms with Gasteiger partial charge in [-0.3, -0.25) is 14.9 Å². The van der Waals surface area contributed by atoms with Crippen molar-refractivity contribution in [2.24, 2.45) is 0 Å². The highest BCUT2D eigenvalue weighted by Crippen LogP contribution is 2.38. The lowest BCUT2D eigenvalue weighted by Gasteiger charge is -2.19. The van der Waals surface area contributed by atoms with Crippen LogP contribution >= 0.6 is 23.2 Å². The molecule has 0 saturated heterocycles. The lowest BCUT2D eigenvalue weighted by Crippen LogP contribution is -2.18. The molecule has 0 aliphatic heterocycles. The lowest BCUT2D eigenvalue weighted by molar-refractivity contribution is -0.384. The maximum atomic E-state index is 13.5. The van der Waals surface area contributed by atoms with Gasteiger partial charge >= 0.3 is 0 Å². The summed E-state index contributed by atoms with van der Waals surface area (Å²) in [6.45, 7) is 1.83. The molecule has 0 spiro atoms. The number of hydrogen-bond acceptors (Lipinski definition) is 5. The van der Waals surface area contributed by atoms with Crippen LogP contribution < -0.4 is 0 Å². The van der Waals surface area contributed by atoms with Gasteiger partial charge in [-0.25, -0.2) is 8.42 Å². The lowest BCUT2D eigenvalue weighted by atomic mass is 10.0. The minimum Gasteiger partial charge on any atom is -0.294 e. The van der Waals surface area contributed by atoms with Crippen molar-refractivity contribution in [1.29, 1.82) is 0 Å². The molecule has 0 saturated carbocycles. The van der Waals surface area contributed by atoms with Crippen molar-refractivity contribution < 1.29 is 18.1 Å². The van der Waals surface area contributed by atoms with Crippen LogP contribution in [0.1, 0.15) is 33.2 Å². The first-order chi connectivity index (χ1) is 14.6. The molecule has 1 atom stereocenters. The van der Waals surface area contributed by atoms with Crippen LogP contribution in [0.5, 0.6) is 0 Å². The Morgan fingerprint density at radius 3 is 2.32 bits per heavy atom. The van der Waals surface area contributed by atoms with Gasteiger partial charge in [0.2, 0.25) is 0 Å². The highest BCUT2D eigenvalue weighted by Gasteiger charge is 2.33. The van der Waals surface area contributed by atoms with Crippen molar-refractivity contribution in [3.05, 3.63) is 104 Å². The number of nitro groups is 1. The van der Waals surface area contributed by atoms with E-state index in [1.54, 1.807) is 12.1 Å². The molecule has 0 heterocycles. The standard InChI is InChI=1S/C22H17Cl2NO5S/c1-14-5-8-18(9-6-14)31(29,30)22(19-10-7-16(23)12-20(19)24)13-21(26)15-3-2-4-17(11-15)25(27)28/h2-12,22H,13H2,1H3/t22-/m0/s1. The van der Waals surface area contributed by atoms with Crippen LogP contribution in [0, 0.1) is 17.0 Å². The number of non-ortho nitro benzene ring substituents is 1. The molecule has 0 unspecified atom stereocenters. The summed E-state index contributed by atoms with van der Waals surface area (Å²) in [7, 11) is -4.02. The van der Waals surface area contributed by atoms with Crippen LogP contribution in [-0.2, 0) is 9.84 Å². The molecule has 160 valence electrons. The molecule has 9 heteroatoms. The maximum absolute atomic E-state index is 13.5. The van der Waals surface area contributed by atoms with Gasteiger partial charge in [0.15, 0.2) is 15.6 Å². The Balaban J connectivity index is 2.08. The third-order valence-electron chi connectivity index (χ3n) is 4.78. The van der Waals surface area contributed by atoms with Gasteiger partial charge < -0.3 is 0 Å². The van der Waals surface area contributed by atoms with E-state index in [-0.39, 0.29) is 26.7 Å². The molecule has 0 aliphatic carbocycles. The topological polar surface area (TPSA) is 94.3 Å². The molecule has 0 fully saturated rings. The van der Waals surface area contributed by atoms with E-state index in [4.69, 9.17) is 23.2 Å². The highest BCUT2D eigenvalue weighted by atomic mass is 35.5. The number of sulfone groups is 1. The predicted octanol–water partition coefficient (Wildman–Crippen LogP) is 6.00. The molecule has 6 nitrogen and oxygen atoms in total. The molecule has 0 aromatic heterocycles. The minimum atomic E-state index is -4.02. The summed E-state index contributed by atoms with van der Waals surface area (Å²) in [5.74, 6) is -0.560. The molecule has 0 radical (unpaired) electrons. The largest absolute Gasteiger partial charge is 0.294 e. The Labute approximate surface area is 189 Å². The average molecular weight is 478 g/mol. The van der Waals surface area contributed by atoms with E-state index < -0.39 is 32.2 Å². The second-order valence-electron chi connectivity index (χ2n) is 6.95. The van der Waals surface area contributed by atoms with Gasteiger partial charge in [-0.05, 0) is 36.8 Å². The number of hydrogen-bond donors (Lipinski definition) is 0. The van der Waals surface area contributed by atoms with Gasteiger partial charge in [0.1, 0.15) is 0 Å². The molecule has 31 heavy (non-hydrogen) atoms. The average Bonchev–Trinajstić information content (AvgIpc) is 2.72. The molecule has 0 amide bonds. The van der Waals surface area contributed by atoms with Crippen molar-refractivity contribution in [2.45, 2.75) is 23.5 Å². The number of Topliss-reactive ketones (excluding diaryl/α,β-unsaturated/α-hetero) is 1. The Kier molecular flexibility index (Phi) is 6.79. The first kappa shape index (κ1) is 22.9. The fourth-order valence-corrected chi connectivity index (χ4v) is 5.48. The van der Waals surface area contributed by atoms with E-state index in [1.165, 1.54) is 48.5 Å². The minimum absolute atomic E-state index is 0.0426. The Morgan fingerprint density at radius 1 is 1.03 bits per heavy atom. The summed E-state index contributed by atoms with van der Waals surface area (Å²) < 4.78 is 26.9. The summed E-state index contributed by atoms with van der Waals surface area (Å²) in [5, 5.41) is 10.2. The number of benzene rings is 3. The number of carbonyl (C=O) groups excluding carboxylic acids is 1. The summed E-state index contributed by atoms with van der Waals surface area (Å²) in [5.41, 5.74) is 0.898. The van der Waals surface area contributed by atoms with E-state index in [1.807, 2.05) is 6.92 Å². The van der Waals surface area contributed by atoms with Crippen molar-refractivity contribution >= 4 is 44.5 Å². The van der Waals surface area contributed by atoms with Gasteiger partial charge in [-0.1, -0.05) is 59.1 Å². The van der Waals surface area contributed by atoms with E-state index in [0.717, 1.165) is 11.6 Å². The number of carbonyl (C=O) groups is 1. The third kappa shape index (κ3) is 5.12. The first-order valence-corrected chi connectivity index (χ1v) is 11.4. The van der Waals surface area contributed by atoms with E-state index in [9.17, 15) is 23.3 Å². The quantitative estimate of drug-likeness (QED) is 0.236. The van der Waals surface area contributed by atoms with Crippen LogP contribution in [0.25, 0.3) is 0 Å². The zero-order valence-corrected chi connectivity index (χ0v) is 18.6. The number of rotatable bonds is 7. The van der Waals surface area contributed by atoms with Crippen molar-refractivity contribution in [3.8, 4) is 0 Å². The van der Waals surface area contributed by atoms with Crippen LogP contribution in [0.4, 0.5) is 5.69 Å². The third-order valence-corrected chi connectivity index (χ3v) is 7.44. The summed E-state index contributed by atoms with van der Waals surface area (Å²) in [6, 6.07) is 15.8. The van der Waals surface area contributed by atoms with Gasteiger partial charge in [-0.2, -0.15) is 0 Å². The molecule has 3 rings (SSSR count). The van der Waals surface area contributed by atoms with E-state index in [0.29, 0.717) is 5.02 Å². The van der Waals surface area contributed by atoms with Gasteiger partial charge in [0.25, 0.3) is 5.69 Å². The zero-order valence-electron chi connectivity index (χ0n) is 16.3. The normalized spacial score (nSPS) is 12.4. The Hall–Kier alpha value is -2.74. The smallest absolute Gasteiger partial charge is 0.270 e. The second-order valence-corrected chi connectivity index (χ2v) is 9.92. The van der Waals surface area contributed by atoms with Crippen molar-refractivity contribution in [1.82, 2.24) is 0 Å². The summed E-state index contributed by atoms with van der Waals surface area (Å²) >= 11 is 12.2. The van der Waals surface area contributed by atoms with Gasteiger partial charge in [0, 0.05) is 34.2 Å². The molecule has 0 aliphatic rings. The Bertz CT molecular complexity index is 1260. The van der Waals surface area contributed by atoms with Crippen molar-refractivity contribution in [3.63, 3.8) is 0 Å². The summed E-state index contributed by atoms with van der Waals surface area (Å²) in [6.07, 6.45) is -0.446. The molecular formula is C22H17Cl2NO5S. The fraction of sp³-hybridized carbons (Fsp3) is 0.136. The number of ketones is 1. The fourth-order valence-electron chi connectivity index (χ4n) is 3.12. The summed E-state index contributed by atoms with van der Waals surface area (Å²) in [4.78, 5) is 23.4. The zero-order chi connectivity index (χ0) is 22.8. The van der Waals surface area contributed by atoms with Gasteiger partial charge in [-0.15, -0.1) is 0 Å². The number of aryl methyl sites for hydroxylation is 1. The predicted molar refractivity (Wildman–Crippen MR) is 120 cm³/mol. The first-order valence-electron chi connectivity index (χ1n) is 9.13. The SMILES string of the molecule is Cc1ccc(S(=O)(=O)[C@@H](CC(=O)c2cccc([N+](=O)[O-])c2)c2ccc(Cl)cc2Cl)cc1. The molecule has 3 aromatic rings. The molecule has 0 bridgehead atoms. The maximum Gasteiger partial charge on any atom is 0.270 e. The number of halogens is 2. The van der Waals surface area contributed by atoms with Crippen molar-refractivity contribution in [2.75, 3.05) is 0 Å². The highest BCUT2D eigenvalue weighted by molar-refractivity contribution is 7.91. The number of nitrogens with zero attached hydrogens (tertiary/aromatic N) is 1. The van der Waals surface area contributed by atoms with Crippen LogP contribution in [0.15, 0.2) is 71.6 Å². The number of nitro benzene ring substituents is 1. The van der Waals surface area contributed by atoms with Crippen LogP contribution in [0.3, 0.4) is 0 Å². The molecular weight excluding hydrogens is 461 g/mol. The molecule has 3 aromatic carbocycles. The monoisotopic (exact) mass is 477 g/mol. The van der Waals surface area contributed by atoms with Crippen LogP contribution in [-0.4, -0.2) is 19.1 Å². The molecule has 0 N–H and O–H groups in total. The second kappa shape index (κ2) is 9.18. The van der Waals surface area contributed by atoms with E-state index in [2.05, 4.69) is 0 Å². The van der Waals surface area contributed by atoms with E-state index >= 15 is 0 Å².